The normalized spacial score (nSPS) is 29.3. The quantitative estimate of drug-likeness (QED) is 0.813. The average Bonchev–Trinajstić information content (AvgIpc) is 2.39. The summed E-state index contributed by atoms with van der Waals surface area (Å²) in [6.45, 7) is 7.77. The number of amides is 2. The summed E-state index contributed by atoms with van der Waals surface area (Å²) >= 11 is 1.77. The Kier molecular flexibility index (Phi) is 5.71. The van der Waals surface area contributed by atoms with Crippen LogP contribution in [0.3, 0.4) is 0 Å². The molecule has 1 saturated heterocycles. The zero-order chi connectivity index (χ0) is 14.6. The first-order valence-electron chi connectivity index (χ1n) is 7.05. The van der Waals surface area contributed by atoms with Gasteiger partial charge in [-0.1, -0.05) is 13.8 Å². The van der Waals surface area contributed by atoms with Crippen molar-refractivity contribution in [2.75, 3.05) is 12.0 Å². The number of nitrogens with zero attached hydrogens (tertiary/aromatic N) is 1. The van der Waals surface area contributed by atoms with Gasteiger partial charge in [-0.15, -0.1) is 0 Å². The van der Waals surface area contributed by atoms with Crippen molar-refractivity contribution in [3.05, 3.63) is 0 Å². The van der Waals surface area contributed by atoms with Gasteiger partial charge in [-0.3, -0.25) is 9.59 Å². The summed E-state index contributed by atoms with van der Waals surface area (Å²) in [5.74, 6) is 1.06. The first-order valence-corrected chi connectivity index (χ1v) is 8.44. The van der Waals surface area contributed by atoms with E-state index in [0.717, 1.165) is 12.2 Å². The number of carbonyl (C=O) groups excluding carboxylic acids is 2. The van der Waals surface area contributed by atoms with Crippen molar-refractivity contribution in [1.82, 2.24) is 10.2 Å². The van der Waals surface area contributed by atoms with Crippen molar-refractivity contribution in [3.63, 3.8) is 0 Å². The smallest absolute Gasteiger partial charge is 0.248 e. The Morgan fingerprint density at radius 1 is 1.42 bits per heavy atom. The van der Waals surface area contributed by atoms with Gasteiger partial charge in [0.25, 0.3) is 0 Å². The summed E-state index contributed by atoms with van der Waals surface area (Å²) in [5.41, 5.74) is -0.740. The standard InChI is InChI=1S/C14H26N2O2S/c1-6-11-12(17)15-14(4,7-2)13(18)16(11)10(3)8-9-19-5/h10-11H,6-9H2,1-5H3,(H,15,17). The maximum atomic E-state index is 12.7. The average molecular weight is 286 g/mol. The predicted octanol–water partition coefficient (Wildman–Crippen LogP) is 2.03. The lowest BCUT2D eigenvalue weighted by Crippen LogP contribution is -2.70. The van der Waals surface area contributed by atoms with E-state index < -0.39 is 5.54 Å². The molecule has 2 amide bonds. The van der Waals surface area contributed by atoms with Gasteiger partial charge in [-0.2, -0.15) is 11.8 Å². The Hall–Kier alpha value is -0.710. The molecule has 110 valence electrons. The predicted molar refractivity (Wildman–Crippen MR) is 80.2 cm³/mol. The first-order chi connectivity index (χ1) is 8.91. The van der Waals surface area contributed by atoms with E-state index in [1.165, 1.54) is 0 Å². The zero-order valence-electron chi connectivity index (χ0n) is 12.7. The van der Waals surface area contributed by atoms with Crippen molar-refractivity contribution >= 4 is 23.6 Å². The second kappa shape index (κ2) is 6.64. The van der Waals surface area contributed by atoms with Crippen LogP contribution in [-0.2, 0) is 9.59 Å². The van der Waals surface area contributed by atoms with E-state index in [1.54, 1.807) is 11.8 Å². The van der Waals surface area contributed by atoms with Gasteiger partial charge < -0.3 is 10.2 Å². The van der Waals surface area contributed by atoms with Gasteiger partial charge in [0, 0.05) is 6.04 Å². The van der Waals surface area contributed by atoms with Gasteiger partial charge in [-0.05, 0) is 45.1 Å². The molecule has 0 saturated carbocycles. The maximum absolute atomic E-state index is 12.7. The van der Waals surface area contributed by atoms with Crippen molar-refractivity contribution in [3.8, 4) is 0 Å². The number of rotatable bonds is 6. The molecule has 5 heteroatoms. The largest absolute Gasteiger partial charge is 0.340 e. The Morgan fingerprint density at radius 3 is 2.53 bits per heavy atom. The lowest BCUT2D eigenvalue weighted by Gasteiger charge is -2.46. The molecule has 1 N–H and O–H groups in total. The molecule has 0 aromatic carbocycles. The molecule has 3 atom stereocenters. The fourth-order valence-corrected chi connectivity index (χ4v) is 3.09. The second-order valence-electron chi connectivity index (χ2n) is 5.44. The van der Waals surface area contributed by atoms with Gasteiger partial charge in [0.15, 0.2) is 0 Å². The van der Waals surface area contributed by atoms with Gasteiger partial charge in [0.2, 0.25) is 11.8 Å². The lowest BCUT2D eigenvalue weighted by atomic mass is 9.89. The van der Waals surface area contributed by atoms with E-state index in [4.69, 9.17) is 0 Å². The molecule has 1 fully saturated rings. The van der Waals surface area contributed by atoms with Gasteiger partial charge >= 0.3 is 0 Å². The summed E-state index contributed by atoms with van der Waals surface area (Å²) in [4.78, 5) is 26.7. The molecule has 0 spiro atoms. The number of thioether (sulfide) groups is 1. The summed E-state index contributed by atoms with van der Waals surface area (Å²) < 4.78 is 0. The van der Waals surface area contributed by atoms with Crippen LogP contribution in [-0.4, -0.2) is 46.3 Å². The van der Waals surface area contributed by atoms with Crippen molar-refractivity contribution in [2.24, 2.45) is 0 Å². The third-order valence-corrected chi connectivity index (χ3v) is 4.70. The minimum atomic E-state index is -0.740. The van der Waals surface area contributed by atoms with E-state index in [2.05, 4.69) is 11.6 Å². The summed E-state index contributed by atoms with van der Waals surface area (Å²) in [6, 6.07) is -0.203. The number of carbonyl (C=O) groups is 2. The van der Waals surface area contributed by atoms with Gasteiger partial charge in [0.1, 0.15) is 11.6 Å². The second-order valence-corrected chi connectivity index (χ2v) is 6.43. The Balaban J connectivity index is 2.99. The highest BCUT2D eigenvalue weighted by Crippen LogP contribution is 2.26. The molecule has 0 aromatic heterocycles. The van der Waals surface area contributed by atoms with Crippen LogP contribution in [0.1, 0.15) is 47.0 Å². The fraction of sp³-hybridized carbons (Fsp3) is 0.857. The van der Waals surface area contributed by atoms with E-state index in [9.17, 15) is 9.59 Å². The van der Waals surface area contributed by atoms with Crippen LogP contribution >= 0.6 is 11.8 Å². The van der Waals surface area contributed by atoms with Crippen LogP contribution in [0.25, 0.3) is 0 Å². The SMILES string of the molecule is CCC1C(=O)NC(C)(CC)C(=O)N1C(C)CCSC. The fourth-order valence-electron chi connectivity index (χ4n) is 2.52. The van der Waals surface area contributed by atoms with Crippen molar-refractivity contribution < 1.29 is 9.59 Å². The minimum Gasteiger partial charge on any atom is -0.340 e. The highest BCUT2D eigenvalue weighted by molar-refractivity contribution is 7.98. The molecule has 0 aromatic rings. The first kappa shape index (κ1) is 16.3. The van der Waals surface area contributed by atoms with E-state index in [-0.39, 0.29) is 23.9 Å². The Bertz CT molecular complexity index is 348. The van der Waals surface area contributed by atoms with E-state index in [1.807, 2.05) is 32.6 Å². The molecule has 1 heterocycles. The van der Waals surface area contributed by atoms with E-state index in [0.29, 0.717) is 12.8 Å². The summed E-state index contributed by atoms with van der Waals surface area (Å²) in [7, 11) is 0. The number of hydrogen-bond donors (Lipinski definition) is 1. The molecular weight excluding hydrogens is 260 g/mol. The topological polar surface area (TPSA) is 49.4 Å². The third kappa shape index (κ3) is 3.25. The maximum Gasteiger partial charge on any atom is 0.248 e. The molecule has 1 rings (SSSR count). The van der Waals surface area contributed by atoms with Crippen LogP contribution < -0.4 is 5.32 Å². The van der Waals surface area contributed by atoms with Gasteiger partial charge in [-0.25, -0.2) is 0 Å². The molecule has 0 radical (unpaired) electrons. The molecule has 3 unspecified atom stereocenters. The Labute approximate surface area is 120 Å². The molecule has 0 bridgehead atoms. The summed E-state index contributed by atoms with van der Waals surface area (Å²) in [6.07, 6.45) is 4.28. The highest BCUT2D eigenvalue weighted by atomic mass is 32.2. The Morgan fingerprint density at radius 2 is 2.05 bits per heavy atom. The number of hydrogen-bond acceptors (Lipinski definition) is 3. The van der Waals surface area contributed by atoms with E-state index >= 15 is 0 Å². The van der Waals surface area contributed by atoms with Crippen molar-refractivity contribution in [2.45, 2.75) is 64.6 Å². The molecule has 4 nitrogen and oxygen atoms in total. The molecule has 0 aliphatic carbocycles. The summed E-state index contributed by atoms with van der Waals surface area (Å²) in [5, 5.41) is 2.90. The molecular formula is C14H26N2O2S. The molecule has 19 heavy (non-hydrogen) atoms. The minimum absolute atomic E-state index is 0.0116. The van der Waals surface area contributed by atoms with Crippen LogP contribution in [0, 0.1) is 0 Å². The van der Waals surface area contributed by atoms with Crippen LogP contribution in [0.4, 0.5) is 0 Å². The lowest BCUT2D eigenvalue weighted by molar-refractivity contribution is -0.157. The number of nitrogens with one attached hydrogen (secondary N) is 1. The monoisotopic (exact) mass is 286 g/mol. The number of piperazine rings is 1. The van der Waals surface area contributed by atoms with Crippen LogP contribution in [0.15, 0.2) is 0 Å². The zero-order valence-corrected chi connectivity index (χ0v) is 13.5. The third-order valence-electron chi connectivity index (χ3n) is 4.05. The van der Waals surface area contributed by atoms with Gasteiger partial charge in [0.05, 0.1) is 0 Å². The van der Waals surface area contributed by atoms with Crippen LogP contribution in [0.2, 0.25) is 0 Å². The van der Waals surface area contributed by atoms with Crippen LogP contribution in [0.5, 0.6) is 0 Å². The highest BCUT2D eigenvalue weighted by Gasteiger charge is 2.47. The molecule has 1 aliphatic heterocycles. The van der Waals surface area contributed by atoms with Crippen molar-refractivity contribution in [1.29, 1.82) is 0 Å². The molecule has 1 aliphatic rings.